The number of amides is 2. The summed E-state index contributed by atoms with van der Waals surface area (Å²) in [5.74, 6) is -0.496. The van der Waals surface area contributed by atoms with Gasteiger partial charge in [0.1, 0.15) is 12.2 Å². The molecular weight excluding hydrogens is 427 g/mol. The minimum atomic E-state index is -1.13. The smallest absolute Gasteiger partial charge is 0.310 e. The molecule has 2 heterocycles. The van der Waals surface area contributed by atoms with Gasteiger partial charge in [0, 0.05) is 30.5 Å². The Morgan fingerprint density at radius 3 is 2.48 bits per heavy atom. The maximum absolute atomic E-state index is 13.7. The van der Waals surface area contributed by atoms with E-state index >= 15 is 0 Å². The van der Waals surface area contributed by atoms with E-state index in [1.54, 1.807) is 6.92 Å². The summed E-state index contributed by atoms with van der Waals surface area (Å²) in [7, 11) is 0. The third kappa shape index (κ3) is 4.72. The van der Waals surface area contributed by atoms with Crippen molar-refractivity contribution in [3.05, 3.63) is 0 Å². The maximum atomic E-state index is 13.7. The molecule has 9 heteroatoms. The number of halogens is 1. The van der Waals surface area contributed by atoms with Gasteiger partial charge in [-0.25, -0.2) is 4.39 Å². The lowest BCUT2D eigenvalue weighted by Gasteiger charge is -2.54. The van der Waals surface area contributed by atoms with Gasteiger partial charge >= 0.3 is 5.97 Å². The van der Waals surface area contributed by atoms with Gasteiger partial charge in [0.05, 0.1) is 31.7 Å². The number of carbonyl (C=O) groups excluding carboxylic acids is 3. The number of nitriles is 1. The number of carbonyl (C=O) groups is 3. The van der Waals surface area contributed by atoms with Crippen LogP contribution in [-0.2, 0) is 19.1 Å². The molecule has 0 radical (unpaired) electrons. The van der Waals surface area contributed by atoms with Gasteiger partial charge in [0.25, 0.3) is 0 Å². The molecule has 5 aliphatic rings. The molecule has 5 fully saturated rings. The first kappa shape index (κ1) is 23.9. The molecule has 0 aromatic rings. The SMILES string of the molecule is CCOC(=O)[C@@H]1CCCN(C(=O)C23CCC(NCC(=O)N4C[C@@H](F)C[C@H]4C#N)(CC2)CC3)C1. The summed E-state index contributed by atoms with van der Waals surface area (Å²) in [4.78, 5) is 41.6. The Labute approximate surface area is 194 Å². The van der Waals surface area contributed by atoms with E-state index in [9.17, 15) is 24.0 Å². The quantitative estimate of drug-likeness (QED) is 0.605. The molecule has 33 heavy (non-hydrogen) atoms. The lowest BCUT2D eigenvalue weighted by atomic mass is 9.56. The van der Waals surface area contributed by atoms with E-state index in [0.717, 1.165) is 51.4 Å². The minimum Gasteiger partial charge on any atom is -0.466 e. The fourth-order valence-electron chi connectivity index (χ4n) is 6.27. The van der Waals surface area contributed by atoms with Gasteiger partial charge in [-0.05, 0) is 58.3 Å². The van der Waals surface area contributed by atoms with Crippen LogP contribution in [0.2, 0.25) is 0 Å². The zero-order valence-electron chi connectivity index (χ0n) is 19.5. The van der Waals surface area contributed by atoms with E-state index in [-0.39, 0.29) is 54.2 Å². The van der Waals surface area contributed by atoms with Crippen molar-refractivity contribution in [2.75, 3.05) is 32.8 Å². The van der Waals surface area contributed by atoms with Crippen molar-refractivity contribution < 1.29 is 23.5 Å². The third-order valence-electron chi connectivity index (χ3n) is 8.36. The highest BCUT2D eigenvalue weighted by molar-refractivity contribution is 5.84. The Bertz CT molecular complexity index is 803. The van der Waals surface area contributed by atoms with Crippen LogP contribution in [0.4, 0.5) is 4.39 Å². The summed E-state index contributed by atoms with van der Waals surface area (Å²) < 4.78 is 18.8. The number of likely N-dealkylation sites (tertiary alicyclic amines) is 2. The number of hydrogen-bond donors (Lipinski definition) is 1. The summed E-state index contributed by atoms with van der Waals surface area (Å²) >= 11 is 0. The van der Waals surface area contributed by atoms with Crippen molar-refractivity contribution >= 4 is 17.8 Å². The fraction of sp³-hybridized carbons (Fsp3) is 0.833. The number of nitrogens with one attached hydrogen (secondary N) is 1. The molecule has 1 N–H and O–H groups in total. The van der Waals surface area contributed by atoms with Gasteiger partial charge in [0.15, 0.2) is 0 Å². The van der Waals surface area contributed by atoms with Crippen LogP contribution in [0.15, 0.2) is 0 Å². The van der Waals surface area contributed by atoms with Crippen molar-refractivity contribution in [1.82, 2.24) is 15.1 Å². The molecule has 3 atom stereocenters. The summed E-state index contributed by atoms with van der Waals surface area (Å²) in [6.07, 6.45) is 5.29. The highest BCUT2D eigenvalue weighted by atomic mass is 19.1. The van der Waals surface area contributed by atoms with Crippen LogP contribution >= 0.6 is 0 Å². The highest BCUT2D eigenvalue weighted by Gasteiger charge is 2.54. The van der Waals surface area contributed by atoms with Gasteiger partial charge in [-0.15, -0.1) is 0 Å². The second-order valence-corrected chi connectivity index (χ2v) is 10.3. The summed E-state index contributed by atoms with van der Waals surface area (Å²) in [6, 6.07) is 1.34. The van der Waals surface area contributed by atoms with E-state index in [2.05, 4.69) is 5.32 Å². The number of nitrogens with zero attached hydrogens (tertiary/aromatic N) is 3. The van der Waals surface area contributed by atoms with Crippen LogP contribution in [0.3, 0.4) is 0 Å². The molecule has 2 bridgehead atoms. The second-order valence-electron chi connectivity index (χ2n) is 10.3. The number of fused-ring (bicyclic) bond motifs is 3. The first-order chi connectivity index (χ1) is 15.8. The van der Waals surface area contributed by atoms with Gasteiger partial charge < -0.3 is 19.9 Å². The van der Waals surface area contributed by atoms with Crippen LogP contribution in [0.5, 0.6) is 0 Å². The average molecular weight is 463 g/mol. The van der Waals surface area contributed by atoms with E-state index < -0.39 is 12.2 Å². The van der Waals surface area contributed by atoms with Crippen molar-refractivity contribution in [1.29, 1.82) is 5.26 Å². The van der Waals surface area contributed by atoms with E-state index in [1.807, 2.05) is 11.0 Å². The standard InChI is InChI=1S/C24H35FN4O4/c1-2-33-21(31)17-4-3-11-28(15-17)22(32)23-5-8-24(9-6-23,10-7-23)27-14-20(30)29-16-18(25)12-19(29)13-26/h17-19,27H,2-12,14-16H2,1H3/t17-,18+,19+,23?,24?/m1/s1. The number of hydrogen-bond acceptors (Lipinski definition) is 6. The van der Waals surface area contributed by atoms with Crippen LogP contribution in [0, 0.1) is 22.7 Å². The molecule has 3 saturated carbocycles. The van der Waals surface area contributed by atoms with Gasteiger partial charge in [0.2, 0.25) is 11.8 Å². The number of rotatable bonds is 6. The zero-order valence-corrected chi connectivity index (χ0v) is 19.5. The Morgan fingerprint density at radius 1 is 1.15 bits per heavy atom. The van der Waals surface area contributed by atoms with Gasteiger partial charge in [-0.2, -0.15) is 5.26 Å². The molecular formula is C24H35FN4O4. The summed E-state index contributed by atoms with van der Waals surface area (Å²) in [5, 5.41) is 12.6. The summed E-state index contributed by atoms with van der Waals surface area (Å²) in [6.45, 7) is 3.38. The van der Waals surface area contributed by atoms with Crippen LogP contribution < -0.4 is 5.32 Å². The minimum absolute atomic E-state index is 0.00796. The van der Waals surface area contributed by atoms with Crippen LogP contribution in [0.25, 0.3) is 0 Å². The molecule has 0 unspecified atom stereocenters. The van der Waals surface area contributed by atoms with Crippen molar-refractivity contribution in [3.63, 3.8) is 0 Å². The Kier molecular flexibility index (Phi) is 6.94. The molecule has 0 aromatic heterocycles. The predicted molar refractivity (Wildman–Crippen MR) is 117 cm³/mol. The normalized spacial score (nSPS) is 35.8. The first-order valence-electron chi connectivity index (χ1n) is 12.4. The van der Waals surface area contributed by atoms with Crippen molar-refractivity contribution in [3.8, 4) is 6.07 Å². The largest absolute Gasteiger partial charge is 0.466 e. The molecule has 2 saturated heterocycles. The van der Waals surface area contributed by atoms with Gasteiger partial charge in [-0.3, -0.25) is 14.4 Å². The van der Waals surface area contributed by atoms with Crippen molar-refractivity contribution in [2.24, 2.45) is 11.3 Å². The topological polar surface area (TPSA) is 103 Å². The predicted octanol–water partition coefficient (Wildman–Crippen LogP) is 1.93. The van der Waals surface area contributed by atoms with Crippen molar-refractivity contribution in [2.45, 2.75) is 82.5 Å². The zero-order chi connectivity index (χ0) is 23.6. The maximum Gasteiger partial charge on any atom is 0.310 e. The Morgan fingerprint density at radius 2 is 1.85 bits per heavy atom. The fourth-order valence-corrected chi connectivity index (χ4v) is 6.27. The number of ether oxygens (including phenoxy) is 1. The second kappa shape index (κ2) is 9.57. The number of alkyl halides is 1. The first-order valence-corrected chi connectivity index (χ1v) is 12.4. The van der Waals surface area contributed by atoms with E-state index in [1.165, 1.54) is 4.90 Å². The number of piperidine rings is 1. The summed E-state index contributed by atoms with van der Waals surface area (Å²) in [5.41, 5.74) is -0.545. The highest BCUT2D eigenvalue weighted by Crippen LogP contribution is 2.53. The Hall–Kier alpha value is -2.21. The molecule has 0 spiro atoms. The molecule has 2 aliphatic heterocycles. The molecule has 0 aromatic carbocycles. The molecule has 2 amide bonds. The monoisotopic (exact) mass is 462 g/mol. The van der Waals surface area contributed by atoms with Gasteiger partial charge in [-0.1, -0.05) is 0 Å². The van der Waals surface area contributed by atoms with Crippen LogP contribution in [0.1, 0.15) is 64.7 Å². The molecule has 5 rings (SSSR count). The average Bonchev–Trinajstić information content (AvgIpc) is 3.24. The molecule has 3 aliphatic carbocycles. The lowest BCUT2D eigenvalue weighted by molar-refractivity contribution is -0.157. The Balaban J connectivity index is 1.31. The lowest BCUT2D eigenvalue weighted by Crippen LogP contribution is -2.61. The van der Waals surface area contributed by atoms with E-state index in [0.29, 0.717) is 19.7 Å². The van der Waals surface area contributed by atoms with Crippen LogP contribution in [-0.4, -0.2) is 78.1 Å². The third-order valence-corrected chi connectivity index (χ3v) is 8.36. The molecule has 8 nitrogen and oxygen atoms in total. The van der Waals surface area contributed by atoms with E-state index in [4.69, 9.17) is 4.74 Å². The molecule has 182 valence electrons. The number of esters is 1.